The van der Waals surface area contributed by atoms with Crippen LogP contribution in [-0.4, -0.2) is 308 Å². The van der Waals surface area contributed by atoms with E-state index in [1.165, 1.54) is 13.8 Å². The van der Waals surface area contributed by atoms with Gasteiger partial charge in [0.05, 0.1) is 45.2 Å². The number of hydrogen-bond acceptors (Lipinski definition) is 29. The lowest BCUT2D eigenvalue weighted by molar-refractivity contribution is -0.395. The van der Waals surface area contributed by atoms with Gasteiger partial charge in [0.1, 0.15) is 134 Å². The molecule has 5 rings (SSSR count). The Kier molecular flexibility index (Phi) is 19.9. The first-order chi connectivity index (χ1) is 30.6. The molecular formula is C36H64O29. The molecule has 0 radical (unpaired) electrons. The minimum atomic E-state index is -2.21. The zero-order valence-electron chi connectivity index (χ0n) is 34.9. The van der Waals surface area contributed by atoms with Crippen molar-refractivity contribution in [1.29, 1.82) is 0 Å². The van der Waals surface area contributed by atoms with Crippen LogP contribution >= 0.6 is 0 Å². The second-order valence-electron chi connectivity index (χ2n) is 16.5. The summed E-state index contributed by atoms with van der Waals surface area (Å²) in [4.78, 5) is 0. The van der Waals surface area contributed by atoms with Crippen LogP contribution in [0.2, 0.25) is 0 Å². The van der Waals surface area contributed by atoms with Gasteiger partial charge in [0.15, 0.2) is 31.5 Å². The minimum Gasteiger partial charge on any atom is -0.394 e. The fourth-order valence-electron chi connectivity index (χ4n) is 7.86. The van der Waals surface area contributed by atoms with E-state index in [2.05, 4.69) is 0 Å². The monoisotopic (exact) mass is 960 g/mol. The topological polar surface area (TPSA) is 477 Å². The Bertz CT molecular complexity index is 1420. The van der Waals surface area contributed by atoms with E-state index >= 15 is 0 Å². The fourth-order valence-corrected chi connectivity index (χ4v) is 7.86. The van der Waals surface area contributed by atoms with Crippen LogP contribution in [0.5, 0.6) is 0 Å². The number of ether oxygens (including phenoxy) is 10. The Morgan fingerprint density at radius 3 is 1.22 bits per heavy atom. The highest BCUT2D eigenvalue weighted by Gasteiger charge is 2.56. The number of aliphatic hydroxyl groups is 19. The molecule has 5 saturated heterocycles. The van der Waals surface area contributed by atoms with Crippen LogP contribution in [0, 0.1) is 0 Å². The van der Waals surface area contributed by atoms with Crippen LogP contribution in [-0.2, 0) is 47.4 Å². The van der Waals surface area contributed by atoms with E-state index in [1.807, 2.05) is 0 Å². The smallest absolute Gasteiger partial charge is 0.187 e. The third kappa shape index (κ3) is 11.9. The van der Waals surface area contributed by atoms with Gasteiger partial charge in [0.25, 0.3) is 0 Å². The summed E-state index contributed by atoms with van der Waals surface area (Å²) >= 11 is 0. The first-order valence-corrected chi connectivity index (χ1v) is 20.8. The maximum absolute atomic E-state index is 11.4. The van der Waals surface area contributed by atoms with Crippen LogP contribution in [0.3, 0.4) is 0 Å². The number of hydrogen-bond donors (Lipinski definition) is 19. The molecule has 29 nitrogen and oxygen atoms in total. The third-order valence-electron chi connectivity index (χ3n) is 12.0. The van der Waals surface area contributed by atoms with E-state index in [-0.39, 0.29) is 0 Å². The predicted molar refractivity (Wildman–Crippen MR) is 199 cm³/mol. The van der Waals surface area contributed by atoms with Crippen molar-refractivity contribution >= 4 is 0 Å². The highest BCUT2D eigenvalue weighted by Crippen LogP contribution is 2.35. The Labute approximate surface area is 369 Å². The fraction of sp³-hybridized carbons (Fsp3) is 1.00. The summed E-state index contributed by atoms with van der Waals surface area (Å²) in [5.74, 6) is 0. The van der Waals surface area contributed by atoms with E-state index in [9.17, 15) is 97.0 Å². The van der Waals surface area contributed by atoms with Crippen molar-refractivity contribution in [2.24, 2.45) is 0 Å². The molecule has 5 aliphatic rings. The quantitative estimate of drug-likeness (QED) is 0.0606. The molecule has 5 fully saturated rings. The SMILES string of the molecule is C[C@@H]1O[C@@H](O[C@H]2[C@H](OC[C@H]3O[C@H](O[C@@H]([C@H](O[C@@H]4O[C@@H](C)[C@@H](O)[C@@H](O)[C@@H]4O)[C@@H](O)CO)[C@H](O)CO)[C@H](O)[C@@H](O)[C@H]3O)O[C@H](CO)[C@H](O)[C@@H]2O[C@H]2O[C@H](CO)[C@H](O)[C@H](O)[C@H]2O)[C@@H](O)[C@H](O)[C@@H]1O. The van der Waals surface area contributed by atoms with Gasteiger partial charge in [0, 0.05) is 0 Å². The highest BCUT2D eigenvalue weighted by molar-refractivity contribution is 4.98. The van der Waals surface area contributed by atoms with Crippen molar-refractivity contribution < 1.29 is 144 Å². The minimum absolute atomic E-state index is 0.900. The lowest BCUT2D eigenvalue weighted by atomic mass is 9.96. The van der Waals surface area contributed by atoms with Crippen molar-refractivity contribution in [3.63, 3.8) is 0 Å². The van der Waals surface area contributed by atoms with Crippen molar-refractivity contribution in [3.8, 4) is 0 Å². The molecule has 0 aromatic rings. The van der Waals surface area contributed by atoms with Crippen LogP contribution in [0.15, 0.2) is 0 Å². The first-order valence-electron chi connectivity index (χ1n) is 20.8. The van der Waals surface area contributed by atoms with Crippen LogP contribution in [0.4, 0.5) is 0 Å². The third-order valence-corrected chi connectivity index (χ3v) is 12.0. The Morgan fingerprint density at radius 2 is 0.738 bits per heavy atom. The summed E-state index contributed by atoms with van der Waals surface area (Å²) in [7, 11) is 0. The summed E-state index contributed by atoms with van der Waals surface area (Å²) in [5.41, 5.74) is 0. The van der Waals surface area contributed by atoms with Crippen LogP contribution in [0.1, 0.15) is 13.8 Å². The van der Waals surface area contributed by atoms with Crippen molar-refractivity contribution in [2.75, 3.05) is 33.0 Å². The molecule has 29 heteroatoms. The molecule has 19 N–H and O–H groups in total. The molecule has 0 amide bonds. The standard InChI is InChI=1S/C36H64O29/c1-8-15(43)20(48)24(52)32(57-8)62-28(10(41)3-37)29(11(42)4-38)63-35-27(55)23(51)18(46)14(61-35)7-56-36-31(65-33-25(53)21(49)16(44)9(2)58-33)30(19(47)13(6-40)60-36)64-34-26(54)22(50)17(45)12(5-39)59-34/h8-55H,3-7H2,1-2H3/t8-,9-,10-,11+,12+,13+,14+,15+,16+,17-,18-,19-,20+,21+,22-,23-,24-,25-,26+,27+,28+,29+,30-,31+,32-,33-,34+,35+,36+/m0/s1. The van der Waals surface area contributed by atoms with Crippen LogP contribution in [0.25, 0.3) is 0 Å². The molecular weight excluding hydrogens is 896 g/mol. The lowest BCUT2D eigenvalue weighted by Crippen LogP contribution is -2.67. The molecule has 0 aromatic carbocycles. The summed E-state index contributed by atoms with van der Waals surface area (Å²) in [6, 6.07) is 0. The van der Waals surface area contributed by atoms with Crippen molar-refractivity contribution in [2.45, 2.75) is 192 Å². The van der Waals surface area contributed by atoms with Gasteiger partial charge in [-0.05, 0) is 13.8 Å². The second-order valence-corrected chi connectivity index (χ2v) is 16.5. The zero-order valence-corrected chi connectivity index (χ0v) is 34.9. The van der Waals surface area contributed by atoms with E-state index < -0.39 is 211 Å². The molecule has 0 unspecified atom stereocenters. The average Bonchev–Trinajstić information content (AvgIpc) is 3.29. The van der Waals surface area contributed by atoms with Gasteiger partial charge in [-0.1, -0.05) is 0 Å². The molecule has 5 aliphatic heterocycles. The Balaban J connectivity index is 1.41. The van der Waals surface area contributed by atoms with Gasteiger partial charge in [-0.2, -0.15) is 0 Å². The summed E-state index contributed by atoms with van der Waals surface area (Å²) in [6.07, 6.45) is -54.8. The highest BCUT2D eigenvalue weighted by atomic mass is 16.8. The molecule has 382 valence electrons. The van der Waals surface area contributed by atoms with Gasteiger partial charge in [-0.3, -0.25) is 0 Å². The average molecular weight is 961 g/mol. The summed E-state index contributed by atoms with van der Waals surface area (Å²) in [6.45, 7) is -2.54. The maximum atomic E-state index is 11.4. The van der Waals surface area contributed by atoms with Gasteiger partial charge in [0.2, 0.25) is 0 Å². The molecule has 0 saturated carbocycles. The van der Waals surface area contributed by atoms with Gasteiger partial charge >= 0.3 is 0 Å². The largest absolute Gasteiger partial charge is 0.394 e. The Morgan fingerprint density at radius 1 is 0.385 bits per heavy atom. The molecule has 65 heavy (non-hydrogen) atoms. The molecule has 0 aliphatic carbocycles. The van der Waals surface area contributed by atoms with Gasteiger partial charge in [-0.25, -0.2) is 0 Å². The summed E-state index contributed by atoms with van der Waals surface area (Å²) < 4.78 is 56.8. The van der Waals surface area contributed by atoms with Gasteiger partial charge < -0.3 is 144 Å². The molecule has 29 atom stereocenters. The first kappa shape index (κ1) is 54.8. The van der Waals surface area contributed by atoms with E-state index in [0.29, 0.717) is 0 Å². The summed E-state index contributed by atoms with van der Waals surface area (Å²) in [5, 5.41) is 200. The zero-order chi connectivity index (χ0) is 48.3. The van der Waals surface area contributed by atoms with E-state index in [4.69, 9.17) is 47.4 Å². The van der Waals surface area contributed by atoms with Crippen molar-refractivity contribution in [1.82, 2.24) is 0 Å². The molecule has 0 aromatic heterocycles. The molecule has 5 heterocycles. The van der Waals surface area contributed by atoms with Gasteiger partial charge in [-0.15, -0.1) is 0 Å². The van der Waals surface area contributed by atoms with Crippen LogP contribution < -0.4 is 0 Å². The van der Waals surface area contributed by atoms with E-state index in [0.717, 1.165) is 0 Å². The molecule has 0 bridgehead atoms. The Hall–Kier alpha value is -1.16. The lowest BCUT2D eigenvalue weighted by Gasteiger charge is -2.49. The predicted octanol–water partition coefficient (Wildman–Crippen LogP) is -12.4. The van der Waals surface area contributed by atoms with E-state index in [1.54, 1.807) is 0 Å². The number of rotatable bonds is 18. The normalized spacial score (nSPS) is 49.5. The van der Waals surface area contributed by atoms with Crippen molar-refractivity contribution in [3.05, 3.63) is 0 Å². The second kappa shape index (κ2) is 23.6. The number of aliphatic hydroxyl groups excluding tert-OH is 19. The maximum Gasteiger partial charge on any atom is 0.187 e. The molecule has 0 spiro atoms.